The highest BCUT2D eigenvalue weighted by molar-refractivity contribution is 6.10. The quantitative estimate of drug-likeness (QED) is 0.664. The zero-order valence-electron chi connectivity index (χ0n) is 11.4. The largest absolute Gasteiger partial charge is 0.289 e. The van der Waals surface area contributed by atoms with Gasteiger partial charge in [0.05, 0.1) is 5.52 Å². The molecule has 0 aliphatic heterocycles. The predicted octanol–water partition coefficient (Wildman–Crippen LogP) is 3.48. The Kier molecular flexibility index (Phi) is 3.03. The van der Waals surface area contributed by atoms with Gasteiger partial charge in [-0.3, -0.25) is 14.8 Å². The van der Waals surface area contributed by atoms with E-state index in [4.69, 9.17) is 0 Å². The van der Waals surface area contributed by atoms with Gasteiger partial charge in [-0.05, 0) is 50.2 Å². The first kappa shape index (κ1) is 12.5. The van der Waals surface area contributed by atoms with Crippen molar-refractivity contribution in [1.29, 1.82) is 0 Å². The lowest BCUT2D eigenvalue weighted by molar-refractivity contribution is 0.103. The molecule has 3 rings (SSSR count). The Morgan fingerprint density at radius 2 is 1.70 bits per heavy atom. The number of ketones is 1. The molecule has 3 nitrogen and oxygen atoms in total. The third-order valence-corrected chi connectivity index (χ3v) is 3.21. The summed E-state index contributed by atoms with van der Waals surface area (Å²) in [5.74, 6) is 0.0179. The van der Waals surface area contributed by atoms with Crippen LogP contribution in [0.3, 0.4) is 0 Å². The number of fused-ring (bicyclic) bond motifs is 1. The molecule has 0 spiro atoms. The molecule has 0 atom stereocenters. The smallest absolute Gasteiger partial charge is 0.193 e. The lowest BCUT2D eigenvalue weighted by atomic mass is 10.0. The van der Waals surface area contributed by atoms with E-state index in [1.807, 2.05) is 56.3 Å². The number of aromatic nitrogens is 2. The van der Waals surface area contributed by atoms with Gasteiger partial charge in [-0.25, -0.2) is 0 Å². The Morgan fingerprint density at radius 3 is 2.45 bits per heavy atom. The molecule has 0 fully saturated rings. The second-order valence-electron chi connectivity index (χ2n) is 4.88. The number of benzene rings is 1. The minimum Gasteiger partial charge on any atom is -0.289 e. The maximum Gasteiger partial charge on any atom is 0.193 e. The first-order valence-corrected chi connectivity index (χ1v) is 6.48. The minimum absolute atomic E-state index is 0.0179. The highest BCUT2D eigenvalue weighted by Gasteiger charge is 2.11. The summed E-state index contributed by atoms with van der Waals surface area (Å²) in [6, 6.07) is 13.1. The Labute approximate surface area is 117 Å². The average molecular weight is 262 g/mol. The summed E-state index contributed by atoms with van der Waals surface area (Å²) in [4.78, 5) is 21.1. The lowest BCUT2D eigenvalue weighted by Gasteiger charge is -2.05. The molecule has 2 heterocycles. The second-order valence-corrected chi connectivity index (χ2v) is 4.88. The molecule has 2 aromatic heterocycles. The van der Waals surface area contributed by atoms with Crippen LogP contribution in [0.25, 0.3) is 10.9 Å². The molecule has 0 aliphatic carbocycles. The molecule has 0 saturated heterocycles. The van der Waals surface area contributed by atoms with E-state index in [1.54, 1.807) is 6.20 Å². The van der Waals surface area contributed by atoms with Crippen LogP contribution in [0.2, 0.25) is 0 Å². The monoisotopic (exact) mass is 262 g/mol. The first-order chi connectivity index (χ1) is 9.63. The minimum atomic E-state index is 0.0179. The molecule has 0 radical (unpaired) electrons. The number of hydrogen-bond acceptors (Lipinski definition) is 3. The van der Waals surface area contributed by atoms with E-state index < -0.39 is 0 Å². The molecule has 0 N–H and O–H groups in total. The van der Waals surface area contributed by atoms with E-state index in [-0.39, 0.29) is 5.78 Å². The van der Waals surface area contributed by atoms with Crippen molar-refractivity contribution in [3.8, 4) is 0 Å². The van der Waals surface area contributed by atoms with Crippen LogP contribution in [0.15, 0.2) is 48.7 Å². The molecular formula is C17H14N2O. The van der Waals surface area contributed by atoms with Gasteiger partial charge in [-0.1, -0.05) is 6.07 Å². The van der Waals surface area contributed by atoms with Crippen molar-refractivity contribution in [1.82, 2.24) is 9.97 Å². The first-order valence-electron chi connectivity index (χ1n) is 6.48. The summed E-state index contributed by atoms with van der Waals surface area (Å²) in [5.41, 5.74) is 3.96. The summed E-state index contributed by atoms with van der Waals surface area (Å²) in [5, 5.41) is 0.973. The molecule has 98 valence electrons. The Morgan fingerprint density at radius 1 is 0.950 bits per heavy atom. The van der Waals surface area contributed by atoms with Crippen molar-refractivity contribution in [3.05, 3.63) is 71.2 Å². The highest BCUT2D eigenvalue weighted by atomic mass is 16.1. The average Bonchev–Trinajstić information content (AvgIpc) is 2.45. The summed E-state index contributed by atoms with van der Waals surface area (Å²) in [6.07, 6.45) is 1.75. The SMILES string of the molecule is Cc1cc(C(=O)c2ccc3ncccc3c2)cc(C)n1. The number of rotatable bonds is 2. The number of pyridine rings is 2. The predicted molar refractivity (Wildman–Crippen MR) is 78.9 cm³/mol. The highest BCUT2D eigenvalue weighted by Crippen LogP contribution is 2.17. The lowest BCUT2D eigenvalue weighted by Crippen LogP contribution is -2.03. The van der Waals surface area contributed by atoms with Gasteiger partial charge >= 0.3 is 0 Å². The fraction of sp³-hybridized carbons (Fsp3) is 0.118. The van der Waals surface area contributed by atoms with Gasteiger partial charge in [0.1, 0.15) is 0 Å². The zero-order valence-corrected chi connectivity index (χ0v) is 11.4. The van der Waals surface area contributed by atoms with E-state index in [2.05, 4.69) is 9.97 Å². The van der Waals surface area contributed by atoms with Crippen molar-refractivity contribution >= 4 is 16.7 Å². The van der Waals surface area contributed by atoms with E-state index in [1.165, 1.54) is 0 Å². The standard InChI is InChI=1S/C17H14N2O/c1-11-8-15(9-12(2)19-11)17(20)14-5-6-16-13(10-14)4-3-7-18-16/h3-10H,1-2H3. The number of carbonyl (C=O) groups excluding carboxylic acids is 1. The molecular weight excluding hydrogens is 248 g/mol. The molecule has 1 aromatic carbocycles. The molecule has 0 unspecified atom stereocenters. The van der Waals surface area contributed by atoms with Crippen LogP contribution >= 0.6 is 0 Å². The normalized spacial score (nSPS) is 10.7. The molecule has 3 heteroatoms. The van der Waals surface area contributed by atoms with E-state index in [0.29, 0.717) is 11.1 Å². The van der Waals surface area contributed by atoms with E-state index >= 15 is 0 Å². The number of hydrogen-bond donors (Lipinski definition) is 0. The fourth-order valence-corrected chi connectivity index (χ4v) is 2.35. The van der Waals surface area contributed by atoms with Crippen LogP contribution in [-0.2, 0) is 0 Å². The fourth-order valence-electron chi connectivity index (χ4n) is 2.35. The summed E-state index contributed by atoms with van der Waals surface area (Å²) in [7, 11) is 0. The van der Waals surface area contributed by atoms with Crippen molar-refractivity contribution in [3.63, 3.8) is 0 Å². The van der Waals surface area contributed by atoms with Crippen molar-refractivity contribution in [2.24, 2.45) is 0 Å². The molecule has 0 saturated carbocycles. The van der Waals surface area contributed by atoms with Crippen LogP contribution in [-0.4, -0.2) is 15.8 Å². The second kappa shape index (κ2) is 4.85. The molecule has 0 aliphatic rings. The van der Waals surface area contributed by atoms with Gasteiger partial charge in [0.2, 0.25) is 0 Å². The summed E-state index contributed by atoms with van der Waals surface area (Å²) < 4.78 is 0. The van der Waals surface area contributed by atoms with Crippen LogP contribution in [0.4, 0.5) is 0 Å². The van der Waals surface area contributed by atoms with Gasteiger partial charge < -0.3 is 0 Å². The summed E-state index contributed by atoms with van der Waals surface area (Å²) in [6.45, 7) is 3.79. The maximum atomic E-state index is 12.5. The zero-order chi connectivity index (χ0) is 14.1. The number of aryl methyl sites for hydroxylation is 2. The van der Waals surface area contributed by atoms with Crippen molar-refractivity contribution < 1.29 is 4.79 Å². The third kappa shape index (κ3) is 2.30. The maximum absolute atomic E-state index is 12.5. The van der Waals surface area contributed by atoms with Gasteiger partial charge in [0, 0.05) is 34.1 Å². The van der Waals surface area contributed by atoms with E-state index in [9.17, 15) is 4.79 Å². The Bertz CT molecular complexity index is 789. The molecule has 3 aromatic rings. The number of carbonyl (C=O) groups is 1. The van der Waals surface area contributed by atoms with Crippen molar-refractivity contribution in [2.75, 3.05) is 0 Å². The molecule has 20 heavy (non-hydrogen) atoms. The van der Waals surface area contributed by atoms with Gasteiger partial charge in [-0.15, -0.1) is 0 Å². The van der Waals surface area contributed by atoms with Gasteiger partial charge in [0.15, 0.2) is 5.78 Å². The summed E-state index contributed by atoms with van der Waals surface area (Å²) >= 11 is 0. The molecule has 0 amide bonds. The Balaban J connectivity index is 2.07. The van der Waals surface area contributed by atoms with Gasteiger partial charge in [0.25, 0.3) is 0 Å². The van der Waals surface area contributed by atoms with Crippen molar-refractivity contribution in [2.45, 2.75) is 13.8 Å². The Hall–Kier alpha value is -2.55. The van der Waals surface area contributed by atoms with E-state index in [0.717, 1.165) is 22.3 Å². The van der Waals surface area contributed by atoms with Crippen LogP contribution < -0.4 is 0 Å². The van der Waals surface area contributed by atoms with Crippen LogP contribution in [0.1, 0.15) is 27.3 Å². The third-order valence-electron chi connectivity index (χ3n) is 3.21. The van der Waals surface area contributed by atoms with Crippen LogP contribution in [0.5, 0.6) is 0 Å². The van der Waals surface area contributed by atoms with Crippen LogP contribution in [0, 0.1) is 13.8 Å². The van der Waals surface area contributed by atoms with Gasteiger partial charge in [-0.2, -0.15) is 0 Å². The topological polar surface area (TPSA) is 42.9 Å². The number of nitrogens with zero attached hydrogens (tertiary/aromatic N) is 2. The molecule has 0 bridgehead atoms.